The molecule has 4 nitrogen and oxygen atoms in total. The summed E-state index contributed by atoms with van der Waals surface area (Å²) in [6.07, 6.45) is 2.47. The molecule has 15 heavy (non-hydrogen) atoms. The van der Waals surface area contributed by atoms with E-state index in [2.05, 4.69) is 16.6 Å². The number of nitrogens with zero attached hydrogens (tertiary/aromatic N) is 1. The van der Waals surface area contributed by atoms with E-state index >= 15 is 0 Å². The minimum atomic E-state index is -0.114. The van der Waals surface area contributed by atoms with Gasteiger partial charge in [-0.15, -0.1) is 0 Å². The molecular weight excluding hydrogens is 192 g/mol. The van der Waals surface area contributed by atoms with Crippen LogP contribution in [0.4, 0.5) is 0 Å². The van der Waals surface area contributed by atoms with Crippen molar-refractivity contribution in [1.82, 2.24) is 4.90 Å². The van der Waals surface area contributed by atoms with E-state index in [0.29, 0.717) is 18.4 Å². The minimum Gasteiger partial charge on any atom is -0.469 e. The maximum absolute atomic E-state index is 10.9. The summed E-state index contributed by atoms with van der Waals surface area (Å²) in [6, 6.07) is 0.349. The van der Waals surface area contributed by atoms with Gasteiger partial charge >= 0.3 is 5.97 Å². The van der Waals surface area contributed by atoms with E-state index in [1.54, 1.807) is 0 Å². The highest BCUT2D eigenvalue weighted by Crippen LogP contribution is 2.15. The number of methoxy groups -OCH3 is 1. The van der Waals surface area contributed by atoms with Crippen molar-refractivity contribution in [2.75, 3.05) is 26.7 Å². The van der Waals surface area contributed by atoms with Crippen LogP contribution < -0.4 is 5.73 Å². The highest BCUT2D eigenvalue weighted by atomic mass is 16.5. The molecule has 1 heterocycles. The van der Waals surface area contributed by atoms with Gasteiger partial charge in [0.15, 0.2) is 0 Å². The Labute approximate surface area is 91.8 Å². The molecule has 1 rings (SSSR count). The molecule has 0 aromatic rings. The zero-order chi connectivity index (χ0) is 11.3. The number of carbonyl (C=O) groups excluding carboxylic acids is 1. The van der Waals surface area contributed by atoms with Crippen LogP contribution in [0.2, 0.25) is 0 Å². The predicted molar refractivity (Wildman–Crippen MR) is 59.4 cm³/mol. The Bertz CT molecular complexity index is 209. The lowest BCUT2D eigenvalue weighted by atomic mass is 9.95. The second kappa shape index (κ2) is 6.08. The molecule has 0 amide bonds. The number of esters is 1. The van der Waals surface area contributed by atoms with Gasteiger partial charge in [0.05, 0.1) is 7.11 Å². The molecule has 1 aliphatic heterocycles. The minimum absolute atomic E-state index is 0.114. The van der Waals surface area contributed by atoms with Crippen LogP contribution in [0.1, 0.15) is 26.2 Å². The summed E-state index contributed by atoms with van der Waals surface area (Å²) < 4.78 is 4.60. The van der Waals surface area contributed by atoms with Gasteiger partial charge in [0.25, 0.3) is 0 Å². The molecule has 0 aromatic carbocycles. The summed E-state index contributed by atoms with van der Waals surface area (Å²) in [4.78, 5) is 13.3. The van der Waals surface area contributed by atoms with Crippen LogP contribution in [0.3, 0.4) is 0 Å². The molecule has 2 atom stereocenters. The summed E-state index contributed by atoms with van der Waals surface area (Å²) in [7, 11) is 1.43. The largest absolute Gasteiger partial charge is 0.469 e. The number of ether oxygens (including phenoxy) is 1. The Morgan fingerprint density at radius 3 is 2.93 bits per heavy atom. The summed E-state index contributed by atoms with van der Waals surface area (Å²) in [5, 5.41) is 0. The van der Waals surface area contributed by atoms with Crippen LogP contribution in [0.25, 0.3) is 0 Å². The Kier molecular flexibility index (Phi) is 5.05. The second-order valence-electron chi connectivity index (χ2n) is 4.41. The van der Waals surface area contributed by atoms with Gasteiger partial charge in [-0.25, -0.2) is 0 Å². The number of likely N-dealkylation sites (tertiary alicyclic amines) is 1. The van der Waals surface area contributed by atoms with E-state index in [9.17, 15) is 4.79 Å². The fourth-order valence-corrected chi connectivity index (χ4v) is 2.00. The van der Waals surface area contributed by atoms with E-state index in [1.165, 1.54) is 7.11 Å². The fourth-order valence-electron chi connectivity index (χ4n) is 2.00. The third kappa shape index (κ3) is 4.18. The molecule has 1 fully saturated rings. The molecule has 0 radical (unpaired) electrons. The van der Waals surface area contributed by atoms with Crippen LogP contribution in [-0.4, -0.2) is 43.7 Å². The molecule has 0 bridgehead atoms. The Balaban J connectivity index is 2.14. The van der Waals surface area contributed by atoms with Crippen LogP contribution in [0, 0.1) is 5.92 Å². The SMILES string of the molecule is COC(=O)CCCN1CCC(N)C(C)C1. The molecule has 0 aromatic heterocycles. The van der Waals surface area contributed by atoms with E-state index in [1.807, 2.05) is 0 Å². The first-order chi connectivity index (χ1) is 7.13. The first-order valence-electron chi connectivity index (χ1n) is 5.68. The number of hydrogen-bond donors (Lipinski definition) is 1. The van der Waals surface area contributed by atoms with E-state index in [4.69, 9.17) is 5.73 Å². The van der Waals surface area contributed by atoms with E-state index < -0.39 is 0 Å². The molecule has 2 N–H and O–H groups in total. The second-order valence-corrected chi connectivity index (χ2v) is 4.41. The fraction of sp³-hybridized carbons (Fsp3) is 0.909. The van der Waals surface area contributed by atoms with Crippen molar-refractivity contribution >= 4 is 5.97 Å². The van der Waals surface area contributed by atoms with Crippen molar-refractivity contribution in [2.45, 2.75) is 32.2 Å². The highest BCUT2D eigenvalue weighted by Gasteiger charge is 2.22. The quantitative estimate of drug-likeness (QED) is 0.697. The smallest absolute Gasteiger partial charge is 0.305 e. The summed E-state index contributed by atoms with van der Waals surface area (Å²) in [5.74, 6) is 0.452. The van der Waals surface area contributed by atoms with E-state index in [-0.39, 0.29) is 5.97 Å². The van der Waals surface area contributed by atoms with Crippen molar-refractivity contribution in [1.29, 1.82) is 0 Å². The van der Waals surface area contributed by atoms with Gasteiger partial charge in [-0.3, -0.25) is 4.79 Å². The number of nitrogens with two attached hydrogens (primary N) is 1. The highest BCUT2D eigenvalue weighted by molar-refractivity contribution is 5.69. The van der Waals surface area contributed by atoms with Gasteiger partial charge in [0.1, 0.15) is 0 Å². The van der Waals surface area contributed by atoms with Crippen molar-refractivity contribution in [3.8, 4) is 0 Å². The standard InChI is InChI=1S/C11H22N2O2/c1-9-8-13(7-5-10(9)12)6-3-4-11(14)15-2/h9-10H,3-8,12H2,1-2H3. The number of piperidine rings is 1. The maximum Gasteiger partial charge on any atom is 0.305 e. The molecule has 88 valence electrons. The average molecular weight is 214 g/mol. The molecule has 4 heteroatoms. The molecular formula is C11H22N2O2. The van der Waals surface area contributed by atoms with Gasteiger partial charge in [-0.1, -0.05) is 6.92 Å². The van der Waals surface area contributed by atoms with Crippen molar-refractivity contribution in [3.63, 3.8) is 0 Å². The lowest BCUT2D eigenvalue weighted by Crippen LogP contribution is -2.46. The van der Waals surface area contributed by atoms with Crippen LogP contribution in [-0.2, 0) is 9.53 Å². The normalized spacial score (nSPS) is 27.7. The van der Waals surface area contributed by atoms with Gasteiger partial charge in [-0.05, 0) is 31.8 Å². The molecule has 1 saturated heterocycles. The molecule has 0 spiro atoms. The maximum atomic E-state index is 10.9. The van der Waals surface area contributed by atoms with Gasteiger partial charge < -0.3 is 15.4 Å². The molecule has 0 aliphatic carbocycles. The number of carbonyl (C=O) groups is 1. The van der Waals surface area contributed by atoms with Crippen LogP contribution in [0.15, 0.2) is 0 Å². The molecule has 1 aliphatic rings. The summed E-state index contributed by atoms with van der Waals surface area (Å²) >= 11 is 0. The van der Waals surface area contributed by atoms with Crippen molar-refractivity contribution in [2.24, 2.45) is 11.7 Å². The third-order valence-corrected chi connectivity index (χ3v) is 3.14. The zero-order valence-electron chi connectivity index (χ0n) is 9.74. The van der Waals surface area contributed by atoms with Gasteiger partial charge in [-0.2, -0.15) is 0 Å². The van der Waals surface area contributed by atoms with Crippen LogP contribution >= 0.6 is 0 Å². The Morgan fingerprint density at radius 1 is 1.60 bits per heavy atom. The lowest BCUT2D eigenvalue weighted by Gasteiger charge is -2.34. The monoisotopic (exact) mass is 214 g/mol. The van der Waals surface area contributed by atoms with Crippen LogP contribution in [0.5, 0.6) is 0 Å². The lowest BCUT2D eigenvalue weighted by molar-refractivity contribution is -0.140. The predicted octanol–water partition coefficient (Wildman–Crippen LogP) is 0.609. The average Bonchev–Trinajstić information content (AvgIpc) is 2.23. The summed E-state index contributed by atoms with van der Waals surface area (Å²) in [6.45, 7) is 5.29. The first-order valence-corrected chi connectivity index (χ1v) is 5.68. The van der Waals surface area contributed by atoms with Crippen molar-refractivity contribution in [3.05, 3.63) is 0 Å². The Hall–Kier alpha value is -0.610. The van der Waals surface area contributed by atoms with Crippen molar-refractivity contribution < 1.29 is 9.53 Å². The number of rotatable bonds is 4. The summed E-state index contributed by atoms with van der Waals surface area (Å²) in [5.41, 5.74) is 5.94. The Morgan fingerprint density at radius 2 is 2.33 bits per heavy atom. The first kappa shape index (κ1) is 12.5. The third-order valence-electron chi connectivity index (χ3n) is 3.14. The van der Waals surface area contributed by atoms with E-state index in [0.717, 1.165) is 32.5 Å². The molecule has 0 saturated carbocycles. The van der Waals surface area contributed by atoms with Gasteiger partial charge in [0, 0.05) is 19.0 Å². The zero-order valence-corrected chi connectivity index (χ0v) is 9.74. The topological polar surface area (TPSA) is 55.6 Å². The van der Waals surface area contributed by atoms with Gasteiger partial charge in [0.2, 0.25) is 0 Å². The number of hydrogen-bond acceptors (Lipinski definition) is 4. The molecule has 2 unspecified atom stereocenters.